The lowest BCUT2D eigenvalue weighted by Crippen LogP contribution is -2.13. The van der Waals surface area contributed by atoms with Crippen molar-refractivity contribution in [2.45, 2.75) is 58.3 Å². The minimum absolute atomic E-state index is 0.0644. The first kappa shape index (κ1) is 49.4. The Hall–Kier alpha value is -7.22. The van der Waals surface area contributed by atoms with E-state index in [1.54, 1.807) is 36.4 Å². The van der Waals surface area contributed by atoms with E-state index in [2.05, 4.69) is 13.2 Å². The Bertz CT molecular complexity index is 2180. The number of carbonyl (C=O) groups excluding carboxylic acids is 6. The van der Waals surface area contributed by atoms with Crippen molar-refractivity contribution in [3.8, 4) is 23.0 Å². The van der Waals surface area contributed by atoms with Crippen LogP contribution >= 0.6 is 0 Å². The Morgan fingerprint density at radius 1 is 0.500 bits per heavy atom. The maximum atomic E-state index is 12.8. The molecule has 4 aromatic carbocycles. The first-order valence-corrected chi connectivity index (χ1v) is 21.0. The second-order valence-electron chi connectivity index (χ2n) is 14.5. The van der Waals surface area contributed by atoms with Crippen molar-refractivity contribution < 1.29 is 66.7 Å². The summed E-state index contributed by atoms with van der Waals surface area (Å²) < 4.78 is 42.9. The summed E-state index contributed by atoms with van der Waals surface area (Å²) in [5, 5.41) is 0. The van der Waals surface area contributed by atoms with Crippen LogP contribution in [0.1, 0.15) is 98.9 Å². The van der Waals surface area contributed by atoms with Gasteiger partial charge in [0.1, 0.15) is 11.5 Å². The molecule has 0 fully saturated rings. The average Bonchev–Trinajstić information content (AvgIpc) is 3.31. The minimum atomic E-state index is -0.633. The van der Waals surface area contributed by atoms with Gasteiger partial charge in [0, 0.05) is 12.2 Å². The molecular weight excluding hydrogens is 825 g/mol. The van der Waals surface area contributed by atoms with Gasteiger partial charge in [0.15, 0.2) is 11.5 Å². The molecule has 0 bridgehead atoms. The van der Waals surface area contributed by atoms with Gasteiger partial charge in [0.25, 0.3) is 0 Å². The van der Waals surface area contributed by atoms with Crippen LogP contribution in [0.5, 0.6) is 23.0 Å². The summed E-state index contributed by atoms with van der Waals surface area (Å²) in [5.41, 5.74) is 2.26. The molecule has 1 unspecified atom stereocenters. The fourth-order valence-electron chi connectivity index (χ4n) is 5.84. The number of esters is 6. The zero-order chi connectivity index (χ0) is 46.1. The quantitative estimate of drug-likeness (QED) is 0.0182. The van der Waals surface area contributed by atoms with Gasteiger partial charge in [-0.15, -0.1) is 0 Å². The van der Waals surface area contributed by atoms with Crippen molar-refractivity contribution in [1.29, 1.82) is 0 Å². The molecule has 14 heteroatoms. The molecule has 0 radical (unpaired) electrons. The molecule has 0 aliphatic carbocycles. The molecule has 0 saturated heterocycles. The van der Waals surface area contributed by atoms with E-state index in [-0.39, 0.29) is 54.1 Å². The summed E-state index contributed by atoms with van der Waals surface area (Å²) in [6, 6.07) is 24.1. The van der Waals surface area contributed by atoms with Gasteiger partial charge in [0.2, 0.25) is 0 Å². The molecule has 14 nitrogen and oxygen atoms in total. The molecule has 0 aliphatic heterocycles. The summed E-state index contributed by atoms with van der Waals surface area (Å²) >= 11 is 0. The summed E-state index contributed by atoms with van der Waals surface area (Å²) in [6.45, 7) is 9.99. The number of hydrogen-bond acceptors (Lipinski definition) is 14. The van der Waals surface area contributed by atoms with Crippen molar-refractivity contribution >= 4 is 35.8 Å². The number of carbonyl (C=O) groups is 6. The van der Waals surface area contributed by atoms with Gasteiger partial charge in [0.05, 0.1) is 62.4 Å². The number of hydrogen-bond donors (Lipinski definition) is 0. The van der Waals surface area contributed by atoms with Crippen molar-refractivity contribution in [1.82, 2.24) is 0 Å². The summed E-state index contributed by atoms with van der Waals surface area (Å²) in [7, 11) is 1.39. The molecule has 338 valence electrons. The average molecular weight is 879 g/mol. The summed E-state index contributed by atoms with van der Waals surface area (Å²) in [5.74, 6) is -1.95. The lowest BCUT2D eigenvalue weighted by atomic mass is 10.1. The van der Waals surface area contributed by atoms with Crippen LogP contribution < -0.4 is 18.9 Å². The smallest absolute Gasteiger partial charge is 0.343 e. The molecule has 0 aromatic heterocycles. The van der Waals surface area contributed by atoms with Gasteiger partial charge in [-0.3, -0.25) is 0 Å². The van der Waals surface area contributed by atoms with Gasteiger partial charge in [-0.05, 0) is 142 Å². The molecule has 64 heavy (non-hydrogen) atoms. The van der Waals surface area contributed by atoms with Crippen LogP contribution in [0.15, 0.2) is 116 Å². The topological polar surface area (TPSA) is 176 Å². The fourth-order valence-corrected chi connectivity index (χ4v) is 5.84. The highest BCUT2D eigenvalue weighted by Gasteiger charge is 2.18. The molecule has 0 heterocycles. The first-order valence-electron chi connectivity index (χ1n) is 21.0. The number of aryl methyl sites for hydroxylation is 1. The molecule has 4 aromatic rings. The Morgan fingerprint density at radius 2 is 0.984 bits per heavy atom. The Kier molecular flexibility index (Phi) is 20.8. The van der Waals surface area contributed by atoms with E-state index in [9.17, 15) is 28.8 Å². The maximum absolute atomic E-state index is 12.8. The predicted molar refractivity (Wildman–Crippen MR) is 236 cm³/mol. The molecule has 1 atom stereocenters. The second-order valence-corrected chi connectivity index (χ2v) is 14.5. The van der Waals surface area contributed by atoms with Crippen molar-refractivity contribution in [2.75, 3.05) is 40.1 Å². The van der Waals surface area contributed by atoms with Crippen LogP contribution in [0.25, 0.3) is 0 Å². The Labute approximate surface area is 373 Å². The zero-order valence-electron chi connectivity index (χ0n) is 36.2. The van der Waals surface area contributed by atoms with E-state index < -0.39 is 35.8 Å². The van der Waals surface area contributed by atoms with Crippen molar-refractivity contribution in [2.24, 2.45) is 5.92 Å². The van der Waals surface area contributed by atoms with Crippen LogP contribution in [-0.2, 0) is 35.0 Å². The molecule has 0 spiro atoms. The second kappa shape index (κ2) is 27.0. The van der Waals surface area contributed by atoms with Gasteiger partial charge in [-0.1, -0.05) is 32.2 Å². The van der Waals surface area contributed by atoms with E-state index in [0.29, 0.717) is 55.8 Å². The highest BCUT2D eigenvalue weighted by atomic mass is 16.6. The number of benzene rings is 4. The van der Waals surface area contributed by atoms with Crippen molar-refractivity contribution in [3.63, 3.8) is 0 Å². The van der Waals surface area contributed by atoms with Crippen LogP contribution in [0.3, 0.4) is 0 Å². The monoisotopic (exact) mass is 878 g/mol. The number of rotatable bonds is 27. The normalized spacial score (nSPS) is 11.0. The van der Waals surface area contributed by atoms with E-state index >= 15 is 0 Å². The first-order chi connectivity index (χ1) is 31.0. The maximum Gasteiger partial charge on any atom is 0.343 e. The van der Waals surface area contributed by atoms with E-state index in [4.69, 9.17) is 37.9 Å². The minimum Gasteiger partial charge on any atom is -0.494 e. The van der Waals surface area contributed by atoms with Gasteiger partial charge in [-0.25, -0.2) is 28.8 Å². The SMILES string of the molecule is C=CC(=O)OCCCCCc1ccc(C(=O)Oc2ccc(C(=O)OCCC(C)CCOC(=O)c3ccc(OC(=O)c4ccc(OCCCCOC(=O)C=C)cc4)c(OC)c3)cc2)cc1. The van der Waals surface area contributed by atoms with Gasteiger partial charge >= 0.3 is 35.8 Å². The van der Waals surface area contributed by atoms with E-state index in [1.165, 1.54) is 49.6 Å². The molecule has 0 saturated carbocycles. The highest BCUT2D eigenvalue weighted by Crippen LogP contribution is 2.30. The number of unbranched alkanes of at least 4 members (excludes halogenated alkanes) is 3. The van der Waals surface area contributed by atoms with Crippen LogP contribution in [-0.4, -0.2) is 76.0 Å². The largest absolute Gasteiger partial charge is 0.494 e. The number of methoxy groups -OCH3 is 1. The highest BCUT2D eigenvalue weighted by molar-refractivity contribution is 5.93. The predicted octanol–water partition coefficient (Wildman–Crippen LogP) is 8.89. The lowest BCUT2D eigenvalue weighted by molar-refractivity contribution is -0.138. The Morgan fingerprint density at radius 3 is 1.56 bits per heavy atom. The number of ether oxygens (including phenoxy) is 8. The van der Waals surface area contributed by atoms with Crippen LogP contribution in [0.4, 0.5) is 0 Å². The van der Waals surface area contributed by atoms with Crippen LogP contribution in [0, 0.1) is 5.92 Å². The third-order valence-electron chi connectivity index (χ3n) is 9.61. The molecule has 0 aliphatic rings. The Balaban J connectivity index is 1.11. The molecule has 4 rings (SSSR count). The molecular formula is C50H54O14. The van der Waals surface area contributed by atoms with Gasteiger partial charge in [-0.2, -0.15) is 0 Å². The standard InChI is InChI=1S/C50H54O14/c1-5-45(51)59-30-9-7-8-12-36-13-15-38(16-14-36)49(55)63-42-24-19-37(20-25-42)47(53)61-32-27-35(3)28-33-62-48(54)40-21-26-43(44(34-40)57-4)64-50(56)39-17-22-41(23-18-39)58-29-10-11-31-60-46(52)6-2/h5-6,13-26,34-35H,1-2,7-12,27-33H2,3-4H3. The zero-order valence-corrected chi connectivity index (χ0v) is 36.2. The third kappa shape index (κ3) is 17.3. The van der Waals surface area contributed by atoms with E-state index in [1.807, 2.05) is 19.1 Å². The summed E-state index contributed by atoms with van der Waals surface area (Å²) in [6.07, 6.45) is 8.02. The van der Waals surface area contributed by atoms with Crippen molar-refractivity contribution in [3.05, 3.63) is 144 Å². The summed E-state index contributed by atoms with van der Waals surface area (Å²) in [4.78, 5) is 73.2. The van der Waals surface area contributed by atoms with E-state index in [0.717, 1.165) is 43.4 Å². The third-order valence-corrected chi connectivity index (χ3v) is 9.61. The van der Waals surface area contributed by atoms with Crippen LogP contribution in [0.2, 0.25) is 0 Å². The molecule has 0 amide bonds. The lowest BCUT2D eigenvalue weighted by Gasteiger charge is -2.13. The molecule has 0 N–H and O–H groups in total. The van der Waals surface area contributed by atoms with Gasteiger partial charge < -0.3 is 37.9 Å². The fraction of sp³-hybridized carbons (Fsp3) is 0.320.